The number of nitrogens with zero attached hydrogens (tertiary/aromatic N) is 1. The lowest BCUT2D eigenvalue weighted by atomic mass is 10.00. The second kappa shape index (κ2) is 8.54. The Balaban J connectivity index is 1.82. The average Bonchev–Trinajstić information content (AvgIpc) is 2.57. The first-order chi connectivity index (χ1) is 11.8. The number of hydrogen-bond donors (Lipinski definition) is 1. The Bertz CT molecular complexity index is 566. The van der Waals surface area contributed by atoms with Gasteiger partial charge in [-0.2, -0.15) is 0 Å². The van der Waals surface area contributed by atoms with E-state index in [-0.39, 0.29) is 30.3 Å². The van der Waals surface area contributed by atoms with E-state index in [1.165, 1.54) is 0 Å². The van der Waals surface area contributed by atoms with Crippen LogP contribution in [0.5, 0.6) is 11.5 Å². The summed E-state index contributed by atoms with van der Waals surface area (Å²) in [5.41, 5.74) is -0.146. The van der Waals surface area contributed by atoms with Crippen LogP contribution in [0, 0.1) is 0 Å². The first kappa shape index (κ1) is 19.5. The summed E-state index contributed by atoms with van der Waals surface area (Å²) >= 11 is 0. The summed E-state index contributed by atoms with van der Waals surface area (Å²) in [4.78, 5) is 14.5. The minimum Gasteiger partial charge on any atom is -0.493 e. The molecule has 2 rings (SSSR count). The minimum absolute atomic E-state index is 0.0353. The third kappa shape index (κ3) is 5.61. The topological polar surface area (TPSA) is 60.0 Å². The van der Waals surface area contributed by atoms with Gasteiger partial charge in [0, 0.05) is 25.2 Å². The maximum absolute atomic E-state index is 12.2. The summed E-state index contributed by atoms with van der Waals surface area (Å²) in [7, 11) is 1.58. The van der Waals surface area contributed by atoms with E-state index in [1.54, 1.807) is 19.2 Å². The largest absolute Gasteiger partial charge is 0.493 e. The molecule has 1 amide bonds. The highest BCUT2D eigenvalue weighted by Gasteiger charge is 2.33. The smallest absolute Gasteiger partial charge is 0.258 e. The molecule has 1 fully saturated rings. The van der Waals surface area contributed by atoms with Gasteiger partial charge in [0.15, 0.2) is 18.1 Å². The Kier molecular flexibility index (Phi) is 6.67. The van der Waals surface area contributed by atoms with Gasteiger partial charge in [0.1, 0.15) is 0 Å². The van der Waals surface area contributed by atoms with Crippen LogP contribution < -0.4 is 14.8 Å². The van der Waals surface area contributed by atoms with E-state index in [0.29, 0.717) is 18.0 Å². The molecule has 1 aromatic rings. The number of nitrogens with one attached hydrogen (secondary N) is 1. The molecule has 0 unspecified atom stereocenters. The van der Waals surface area contributed by atoms with Gasteiger partial charge in [0.05, 0.1) is 19.3 Å². The molecule has 25 heavy (non-hydrogen) atoms. The molecule has 0 radical (unpaired) electrons. The maximum Gasteiger partial charge on any atom is 0.258 e. The normalized spacial score (nSPS) is 21.6. The van der Waals surface area contributed by atoms with Crippen LogP contribution in [0.3, 0.4) is 0 Å². The fourth-order valence-electron chi connectivity index (χ4n) is 3.03. The van der Waals surface area contributed by atoms with Gasteiger partial charge in [0.2, 0.25) is 0 Å². The van der Waals surface area contributed by atoms with E-state index in [1.807, 2.05) is 12.1 Å². The molecule has 1 saturated heterocycles. The summed E-state index contributed by atoms with van der Waals surface area (Å²) in [6, 6.07) is 7.29. The Morgan fingerprint density at radius 1 is 1.24 bits per heavy atom. The summed E-state index contributed by atoms with van der Waals surface area (Å²) in [5.74, 6) is 1.04. The van der Waals surface area contributed by atoms with Gasteiger partial charge in [0.25, 0.3) is 5.91 Å². The van der Waals surface area contributed by atoms with Crippen molar-refractivity contribution in [3.05, 3.63) is 24.3 Å². The number of methoxy groups -OCH3 is 1. The van der Waals surface area contributed by atoms with Crippen LogP contribution in [0.1, 0.15) is 27.7 Å². The predicted molar refractivity (Wildman–Crippen MR) is 97.2 cm³/mol. The van der Waals surface area contributed by atoms with Gasteiger partial charge in [-0.25, -0.2) is 0 Å². The zero-order chi connectivity index (χ0) is 18.4. The fourth-order valence-corrected chi connectivity index (χ4v) is 3.03. The summed E-state index contributed by atoms with van der Waals surface area (Å²) < 4.78 is 16.6. The van der Waals surface area contributed by atoms with Crippen molar-refractivity contribution < 1.29 is 19.0 Å². The van der Waals surface area contributed by atoms with Crippen molar-refractivity contribution in [3.63, 3.8) is 0 Å². The molecule has 0 spiro atoms. The van der Waals surface area contributed by atoms with Crippen molar-refractivity contribution in [1.82, 2.24) is 10.2 Å². The van der Waals surface area contributed by atoms with Crippen LogP contribution in [0.2, 0.25) is 0 Å². The molecule has 0 aromatic heterocycles. The first-order valence-electron chi connectivity index (χ1n) is 8.75. The number of benzene rings is 1. The maximum atomic E-state index is 12.2. The Labute approximate surface area is 150 Å². The Morgan fingerprint density at radius 3 is 2.44 bits per heavy atom. The summed E-state index contributed by atoms with van der Waals surface area (Å²) in [6.07, 6.45) is 0.403. The predicted octanol–water partition coefficient (Wildman–Crippen LogP) is 2.08. The lowest BCUT2D eigenvalue weighted by Crippen LogP contribution is -2.58. The van der Waals surface area contributed by atoms with Crippen LogP contribution in [-0.4, -0.2) is 61.9 Å². The number of hydrogen-bond acceptors (Lipinski definition) is 5. The molecule has 1 aliphatic heterocycles. The Morgan fingerprint density at radius 2 is 1.84 bits per heavy atom. The molecule has 0 aliphatic carbocycles. The highest BCUT2D eigenvalue weighted by atomic mass is 16.5. The molecule has 2 atom stereocenters. The van der Waals surface area contributed by atoms with Crippen molar-refractivity contribution in [2.75, 3.05) is 33.4 Å². The van der Waals surface area contributed by atoms with Gasteiger partial charge in [-0.1, -0.05) is 12.1 Å². The number of rotatable bonds is 7. The zero-order valence-electron chi connectivity index (χ0n) is 15.9. The molecule has 0 bridgehead atoms. The zero-order valence-corrected chi connectivity index (χ0v) is 15.9. The molecular weight excluding hydrogens is 320 g/mol. The highest BCUT2D eigenvalue weighted by molar-refractivity contribution is 5.77. The van der Waals surface area contributed by atoms with Gasteiger partial charge in [-0.05, 0) is 39.8 Å². The standard InChI is InChI=1S/C19H30N2O4/c1-14-10-21(11-15(2)25-14)19(3,4)13-20-18(22)12-24-17-9-7-6-8-16(17)23-5/h6-9,14-15H,10-13H2,1-5H3,(H,20,22)/t14-,15-/m1/s1. The third-order valence-electron chi connectivity index (χ3n) is 4.42. The van der Waals surface area contributed by atoms with Gasteiger partial charge >= 0.3 is 0 Å². The molecule has 1 aliphatic rings. The Hall–Kier alpha value is -1.79. The number of para-hydroxylation sites is 2. The van der Waals surface area contributed by atoms with E-state index in [0.717, 1.165) is 13.1 Å². The van der Waals surface area contributed by atoms with Crippen molar-refractivity contribution in [2.45, 2.75) is 45.4 Å². The number of carbonyl (C=O) groups is 1. The van der Waals surface area contributed by atoms with Crippen LogP contribution in [-0.2, 0) is 9.53 Å². The number of ether oxygens (including phenoxy) is 3. The molecule has 1 N–H and O–H groups in total. The van der Waals surface area contributed by atoms with Crippen LogP contribution >= 0.6 is 0 Å². The number of amides is 1. The lowest BCUT2D eigenvalue weighted by Gasteiger charge is -2.45. The first-order valence-corrected chi connectivity index (χ1v) is 8.75. The van der Waals surface area contributed by atoms with Crippen molar-refractivity contribution >= 4 is 5.91 Å². The monoisotopic (exact) mass is 350 g/mol. The number of carbonyl (C=O) groups excluding carboxylic acids is 1. The van der Waals surface area contributed by atoms with E-state index in [9.17, 15) is 4.79 Å². The highest BCUT2D eigenvalue weighted by Crippen LogP contribution is 2.25. The molecule has 6 nitrogen and oxygen atoms in total. The molecular formula is C19H30N2O4. The van der Waals surface area contributed by atoms with Gasteiger partial charge in [-0.3, -0.25) is 9.69 Å². The van der Waals surface area contributed by atoms with Crippen molar-refractivity contribution in [1.29, 1.82) is 0 Å². The SMILES string of the molecule is COc1ccccc1OCC(=O)NCC(C)(C)N1C[C@@H](C)O[C@H](C)C1. The van der Waals surface area contributed by atoms with Gasteiger partial charge < -0.3 is 19.5 Å². The van der Waals surface area contributed by atoms with Crippen LogP contribution in [0.25, 0.3) is 0 Å². The van der Waals surface area contributed by atoms with Crippen molar-refractivity contribution in [2.24, 2.45) is 0 Å². The van der Waals surface area contributed by atoms with E-state index >= 15 is 0 Å². The molecule has 6 heteroatoms. The van der Waals surface area contributed by atoms with Crippen LogP contribution in [0.15, 0.2) is 24.3 Å². The lowest BCUT2D eigenvalue weighted by molar-refractivity contribution is -0.124. The number of morpholine rings is 1. The van der Waals surface area contributed by atoms with E-state index in [2.05, 4.69) is 37.9 Å². The van der Waals surface area contributed by atoms with Crippen molar-refractivity contribution in [3.8, 4) is 11.5 Å². The third-order valence-corrected chi connectivity index (χ3v) is 4.42. The van der Waals surface area contributed by atoms with Crippen LogP contribution in [0.4, 0.5) is 0 Å². The van der Waals surface area contributed by atoms with E-state index in [4.69, 9.17) is 14.2 Å². The quantitative estimate of drug-likeness (QED) is 0.816. The molecule has 1 heterocycles. The van der Waals surface area contributed by atoms with Gasteiger partial charge in [-0.15, -0.1) is 0 Å². The van der Waals surface area contributed by atoms with E-state index < -0.39 is 0 Å². The second-order valence-corrected chi connectivity index (χ2v) is 7.19. The summed E-state index contributed by atoms with van der Waals surface area (Å²) in [5, 5.41) is 2.97. The molecule has 0 saturated carbocycles. The minimum atomic E-state index is -0.146. The molecule has 140 valence electrons. The fraction of sp³-hybridized carbons (Fsp3) is 0.632. The second-order valence-electron chi connectivity index (χ2n) is 7.19. The average molecular weight is 350 g/mol. The summed E-state index contributed by atoms with van der Waals surface area (Å²) in [6.45, 7) is 10.7. The molecule has 1 aromatic carbocycles.